The van der Waals surface area contributed by atoms with Gasteiger partial charge < -0.3 is 9.47 Å². The molecule has 1 aliphatic rings. The van der Waals surface area contributed by atoms with Crippen molar-refractivity contribution in [2.75, 3.05) is 17.8 Å². The molecule has 1 aliphatic heterocycles. The van der Waals surface area contributed by atoms with Crippen LogP contribution in [-0.2, 0) is 11.4 Å². The third-order valence-corrected chi connectivity index (χ3v) is 9.98. The topological polar surface area (TPSA) is 75.5 Å². The Kier molecular flexibility index (Phi) is 9.14. The zero-order valence-electron chi connectivity index (χ0n) is 26.0. The number of hydrogen-bond donors (Lipinski definition) is 0. The van der Waals surface area contributed by atoms with Crippen LogP contribution in [0.25, 0.3) is 22.4 Å². The van der Waals surface area contributed by atoms with Gasteiger partial charge in [0.1, 0.15) is 17.7 Å². The minimum Gasteiger partial charge on any atom is -0.493 e. The van der Waals surface area contributed by atoms with Crippen LogP contribution in [0.3, 0.4) is 0 Å². The number of thioether (sulfide) groups is 1. The first-order chi connectivity index (χ1) is 23.6. The molecule has 7 rings (SSSR count). The van der Waals surface area contributed by atoms with Crippen molar-refractivity contribution in [3.63, 3.8) is 0 Å². The summed E-state index contributed by atoms with van der Waals surface area (Å²) in [7, 11) is 1.60. The minimum atomic E-state index is -0.0980. The number of hydrogen-bond acceptors (Lipinski definition) is 7. The molecule has 1 amide bonds. The fourth-order valence-corrected chi connectivity index (χ4v) is 7.49. The number of nitrogens with zero attached hydrogens (tertiary/aromatic N) is 3. The Balaban J connectivity index is 1.24. The van der Waals surface area contributed by atoms with E-state index in [2.05, 4.69) is 6.07 Å². The molecule has 0 atom stereocenters. The summed E-state index contributed by atoms with van der Waals surface area (Å²) in [6.07, 6.45) is 0. The third-order valence-electron chi connectivity index (χ3n) is 7.89. The van der Waals surface area contributed by atoms with Gasteiger partial charge in [-0.05, 0) is 53.6 Å². The van der Waals surface area contributed by atoms with Crippen molar-refractivity contribution in [3.05, 3.63) is 145 Å². The number of anilines is 2. The molecule has 0 spiro atoms. The number of carbonyl (C=O) groups is 1. The highest BCUT2D eigenvalue weighted by Gasteiger charge is 2.28. The van der Waals surface area contributed by atoms with E-state index in [0.717, 1.165) is 37.9 Å². The summed E-state index contributed by atoms with van der Waals surface area (Å²) < 4.78 is 11.8. The minimum absolute atomic E-state index is 0.0856. The molecule has 0 unspecified atom stereocenters. The summed E-state index contributed by atoms with van der Waals surface area (Å²) >= 11 is 2.93. The van der Waals surface area contributed by atoms with E-state index in [1.165, 1.54) is 11.8 Å². The summed E-state index contributed by atoms with van der Waals surface area (Å²) in [5, 5.41) is 11.0. The maximum atomic E-state index is 14.0. The van der Waals surface area contributed by atoms with Gasteiger partial charge in [0.05, 0.1) is 35.5 Å². The van der Waals surface area contributed by atoms with Crippen molar-refractivity contribution in [2.24, 2.45) is 0 Å². The number of nitriles is 1. The van der Waals surface area contributed by atoms with Crippen molar-refractivity contribution in [3.8, 4) is 40.0 Å². The van der Waals surface area contributed by atoms with Crippen molar-refractivity contribution in [1.29, 1.82) is 5.26 Å². The SMILES string of the molecule is COc1cc(-c2cc(-c3ccccc3)nc(SCC(=O)N3c4ccccc4Sc4ccccc43)c2C#N)ccc1OCc1ccccc1. The van der Waals surface area contributed by atoms with Gasteiger partial charge in [0.15, 0.2) is 11.5 Å². The number of para-hydroxylation sites is 2. The normalized spacial score (nSPS) is 11.6. The molecule has 6 aromatic rings. The Labute approximate surface area is 288 Å². The lowest BCUT2D eigenvalue weighted by atomic mass is 9.99. The van der Waals surface area contributed by atoms with Crippen LogP contribution in [0.5, 0.6) is 11.5 Å². The predicted molar refractivity (Wildman–Crippen MR) is 192 cm³/mol. The van der Waals surface area contributed by atoms with E-state index in [1.807, 2.05) is 133 Å². The fourth-order valence-electron chi connectivity index (χ4n) is 5.58. The van der Waals surface area contributed by atoms with Gasteiger partial charge in [0.2, 0.25) is 5.91 Å². The highest BCUT2D eigenvalue weighted by atomic mass is 32.2. The second-order valence-electron chi connectivity index (χ2n) is 10.9. The summed E-state index contributed by atoms with van der Waals surface area (Å²) in [6, 6.07) is 45.6. The zero-order chi connectivity index (χ0) is 32.9. The van der Waals surface area contributed by atoms with Gasteiger partial charge in [-0.3, -0.25) is 9.69 Å². The molecule has 0 radical (unpaired) electrons. The lowest BCUT2D eigenvalue weighted by molar-refractivity contribution is -0.115. The van der Waals surface area contributed by atoms with Gasteiger partial charge in [0.25, 0.3) is 0 Å². The summed E-state index contributed by atoms with van der Waals surface area (Å²) in [5.41, 5.74) is 6.21. The standard InChI is InChI=1S/C40H29N3O3S2/c1-45-36-22-29(20-21-35(36)46-25-27-12-4-2-5-13-27)30-23-32(28-14-6-3-7-15-28)42-40(31(30)24-41)47-26-39(44)43-33-16-8-10-18-37(33)48-38-19-11-9-17-34(38)43/h2-23H,25-26H2,1H3. The first-order valence-corrected chi connectivity index (χ1v) is 17.1. The van der Waals surface area contributed by atoms with E-state index in [1.54, 1.807) is 23.8 Å². The Bertz CT molecular complexity index is 2100. The van der Waals surface area contributed by atoms with Gasteiger partial charge >= 0.3 is 0 Å². The third kappa shape index (κ3) is 6.39. The van der Waals surface area contributed by atoms with Crippen LogP contribution in [0.2, 0.25) is 0 Å². The maximum Gasteiger partial charge on any atom is 0.242 e. The predicted octanol–water partition coefficient (Wildman–Crippen LogP) is 9.80. The van der Waals surface area contributed by atoms with Crippen LogP contribution in [0.4, 0.5) is 11.4 Å². The maximum absolute atomic E-state index is 14.0. The van der Waals surface area contributed by atoms with Crippen molar-refractivity contribution < 1.29 is 14.3 Å². The molecule has 5 aromatic carbocycles. The van der Waals surface area contributed by atoms with Crippen LogP contribution >= 0.6 is 23.5 Å². The van der Waals surface area contributed by atoms with Gasteiger partial charge in [-0.25, -0.2) is 4.98 Å². The Morgan fingerprint density at radius 2 is 1.44 bits per heavy atom. The number of rotatable bonds is 9. The van der Waals surface area contributed by atoms with Crippen molar-refractivity contribution in [2.45, 2.75) is 21.4 Å². The number of aromatic nitrogens is 1. The van der Waals surface area contributed by atoms with Crippen LogP contribution in [0, 0.1) is 11.3 Å². The largest absolute Gasteiger partial charge is 0.493 e. The second-order valence-corrected chi connectivity index (χ2v) is 13.0. The van der Waals surface area contributed by atoms with E-state index in [4.69, 9.17) is 14.5 Å². The lowest BCUT2D eigenvalue weighted by Gasteiger charge is -2.31. The zero-order valence-corrected chi connectivity index (χ0v) is 27.6. The van der Waals surface area contributed by atoms with Crippen LogP contribution in [0.1, 0.15) is 11.1 Å². The molecule has 0 saturated carbocycles. The van der Waals surface area contributed by atoms with Gasteiger partial charge in [-0.2, -0.15) is 5.26 Å². The molecule has 1 aromatic heterocycles. The molecule has 0 aliphatic carbocycles. The highest BCUT2D eigenvalue weighted by Crippen LogP contribution is 2.48. The summed E-state index contributed by atoms with van der Waals surface area (Å²) in [6.45, 7) is 0.396. The van der Waals surface area contributed by atoms with E-state index in [0.29, 0.717) is 40.0 Å². The molecular formula is C40H29N3O3S2. The quantitative estimate of drug-likeness (QED) is 0.143. The molecule has 0 fully saturated rings. The lowest BCUT2D eigenvalue weighted by Crippen LogP contribution is -2.30. The van der Waals surface area contributed by atoms with Crippen molar-refractivity contribution >= 4 is 40.8 Å². The van der Waals surface area contributed by atoms with E-state index in [-0.39, 0.29) is 11.7 Å². The number of carbonyl (C=O) groups excluding carboxylic acids is 1. The molecule has 0 bridgehead atoms. The molecule has 8 heteroatoms. The second kappa shape index (κ2) is 14.1. The molecular weight excluding hydrogens is 635 g/mol. The molecule has 0 saturated heterocycles. The van der Waals surface area contributed by atoms with Crippen LogP contribution in [0.15, 0.2) is 148 Å². The summed E-state index contributed by atoms with van der Waals surface area (Å²) in [5.74, 6) is 1.14. The van der Waals surface area contributed by atoms with Gasteiger partial charge in [-0.1, -0.05) is 115 Å². The average Bonchev–Trinajstić information content (AvgIpc) is 3.15. The smallest absolute Gasteiger partial charge is 0.242 e. The Morgan fingerprint density at radius 1 is 0.792 bits per heavy atom. The number of fused-ring (bicyclic) bond motifs is 2. The molecule has 6 nitrogen and oxygen atoms in total. The average molecular weight is 664 g/mol. The molecule has 48 heavy (non-hydrogen) atoms. The number of pyridine rings is 1. The highest BCUT2D eigenvalue weighted by molar-refractivity contribution is 8.00. The summed E-state index contributed by atoms with van der Waals surface area (Å²) in [4.78, 5) is 22.8. The van der Waals surface area contributed by atoms with Crippen LogP contribution < -0.4 is 14.4 Å². The molecule has 0 N–H and O–H groups in total. The molecule has 234 valence electrons. The van der Waals surface area contributed by atoms with Gasteiger partial charge in [-0.15, -0.1) is 0 Å². The first kappa shape index (κ1) is 31.1. The van der Waals surface area contributed by atoms with E-state index in [9.17, 15) is 10.1 Å². The number of amides is 1. The fraction of sp³-hybridized carbons (Fsp3) is 0.0750. The first-order valence-electron chi connectivity index (χ1n) is 15.3. The number of methoxy groups -OCH3 is 1. The number of benzene rings is 5. The van der Waals surface area contributed by atoms with E-state index >= 15 is 0 Å². The van der Waals surface area contributed by atoms with Gasteiger partial charge in [0, 0.05) is 20.9 Å². The monoisotopic (exact) mass is 663 g/mol. The van der Waals surface area contributed by atoms with Crippen LogP contribution in [-0.4, -0.2) is 23.8 Å². The molecule has 2 heterocycles. The number of ether oxygens (including phenoxy) is 2. The Hall–Kier alpha value is -5.49. The Morgan fingerprint density at radius 3 is 2.10 bits per heavy atom. The van der Waals surface area contributed by atoms with Crippen molar-refractivity contribution in [1.82, 2.24) is 4.98 Å². The van der Waals surface area contributed by atoms with E-state index < -0.39 is 0 Å².